The zero-order valence-corrected chi connectivity index (χ0v) is 13.8. The fraction of sp³-hybridized carbons (Fsp3) is 0.467. The Morgan fingerprint density at radius 3 is 2.13 bits per heavy atom. The Labute approximate surface area is 135 Å². The maximum absolute atomic E-state index is 12.4. The number of hydrogen-bond acceptors (Lipinski definition) is 5. The maximum atomic E-state index is 12.4. The number of fused-ring (bicyclic) bond motifs is 1. The van der Waals surface area contributed by atoms with Gasteiger partial charge in [0.1, 0.15) is 0 Å². The second kappa shape index (κ2) is 6.03. The van der Waals surface area contributed by atoms with Crippen molar-refractivity contribution in [1.82, 2.24) is 14.1 Å². The number of rotatable bonds is 3. The standard InChI is InChI=1S/C15H19N3O4S/c1-23(21,22)17-8-4-7-16(9-10-17)11-18-14(19)12-5-2-3-6-13(12)15(18)20/h2-3,5-6H,4,7-11H2,1H3. The van der Waals surface area contributed by atoms with Crippen LogP contribution in [0.5, 0.6) is 0 Å². The highest BCUT2D eigenvalue weighted by atomic mass is 32.2. The lowest BCUT2D eigenvalue weighted by Gasteiger charge is -2.25. The van der Waals surface area contributed by atoms with Gasteiger partial charge in [0.15, 0.2) is 0 Å². The van der Waals surface area contributed by atoms with E-state index in [0.29, 0.717) is 43.7 Å². The molecule has 0 aromatic heterocycles. The van der Waals surface area contributed by atoms with Gasteiger partial charge in [-0.3, -0.25) is 19.4 Å². The summed E-state index contributed by atoms with van der Waals surface area (Å²) in [4.78, 5) is 27.9. The van der Waals surface area contributed by atoms with Crippen LogP contribution in [-0.2, 0) is 10.0 Å². The molecule has 0 atom stereocenters. The van der Waals surface area contributed by atoms with Gasteiger partial charge < -0.3 is 0 Å². The Kier molecular flexibility index (Phi) is 4.22. The zero-order valence-electron chi connectivity index (χ0n) is 12.9. The molecule has 1 aromatic carbocycles. The quantitative estimate of drug-likeness (QED) is 0.737. The molecule has 2 aliphatic rings. The first-order chi connectivity index (χ1) is 10.9. The molecule has 23 heavy (non-hydrogen) atoms. The van der Waals surface area contributed by atoms with Crippen molar-refractivity contribution in [2.24, 2.45) is 0 Å². The van der Waals surface area contributed by atoms with Gasteiger partial charge in [-0.2, -0.15) is 0 Å². The second-order valence-electron chi connectivity index (χ2n) is 5.86. The Bertz CT molecular complexity index is 712. The highest BCUT2D eigenvalue weighted by Crippen LogP contribution is 2.22. The van der Waals surface area contributed by atoms with Crippen LogP contribution < -0.4 is 0 Å². The van der Waals surface area contributed by atoms with Crippen LogP contribution in [0.3, 0.4) is 0 Å². The Morgan fingerprint density at radius 2 is 1.57 bits per heavy atom. The molecular weight excluding hydrogens is 318 g/mol. The molecule has 0 N–H and O–H groups in total. The number of carbonyl (C=O) groups is 2. The molecule has 7 nitrogen and oxygen atoms in total. The van der Waals surface area contributed by atoms with Gasteiger partial charge in [0.25, 0.3) is 11.8 Å². The molecule has 124 valence electrons. The van der Waals surface area contributed by atoms with Crippen LogP contribution in [0.25, 0.3) is 0 Å². The summed E-state index contributed by atoms with van der Waals surface area (Å²) in [6, 6.07) is 6.79. The zero-order chi connectivity index (χ0) is 16.6. The second-order valence-corrected chi connectivity index (χ2v) is 7.84. The Hall–Kier alpha value is -1.77. The molecule has 1 aromatic rings. The third-order valence-electron chi connectivity index (χ3n) is 4.24. The minimum Gasteiger partial charge on any atom is -0.284 e. The van der Waals surface area contributed by atoms with Crippen LogP contribution in [0.15, 0.2) is 24.3 Å². The average Bonchev–Trinajstić information content (AvgIpc) is 2.70. The highest BCUT2D eigenvalue weighted by molar-refractivity contribution is 7.88. The van der Waals surface area contributed by atoms with Crippen LogP contribution >= 0.6 is 0 Å². The Balaban J connectivity index is 1.69. The van der Waals surface area contributed by atoms with E-state index in [1.54, 1.807) is 24.3 Å². The number of sulfonamides is 1. The molecule has 0 saturated carbocycles. The van der Waals surface area contributed by atoms with Gasteiger partial charge in [0, 0.05) is 26.2 Å². The molecule has 2 amide bonds. The number of nitrogens with zero attached hydrogens (tertiary/aromatic N) is 3. The van der Waals surface area contributed by atoms with Gasteiger partial charge in [-0.1, -0.05) is 12.1 Å². The minimum atomic E-state index is -3.21. The summed E-state index contributed by atoms with van der Waals surface area (Å²) < 4.78 is 24.7. The summed E-state index contributed by atoms with van der Waals surface area (Å²) in [5, 5.41) is 0. The van der Waals surface area contributed by atoms with Crippen molar-refractivity contribution in [3.05, 3.63) is 35.4 Å². The summed E-state index contributed by atoms with van der Waals surface area (Å²) in [6.07, 6.45) is 1.88. The molecule has 8 heteroatoms. The molecule has 1 fully saturated rings. The van der Waals surface area contributed by atoms with Crippen molar-refractivity contribution in [3.63, 3.8) is 0 Å². The maximum Gasteiger partial charge on any atom is 0.262 e. The lowest BCUT2D eigenvalue weighted by Crippen LogP contribution is -2.43. The molecular formula is C15H19N3O4S. The third kappa shape index (κ3) is 3.15. The van der Waals surface area contributed by atoms with Gasteiger partial charge >= 0.3 is 0 Å². The largest absolute Gasteiger partial charge is 0.284 e. The van der Waals surface area contributed by atoms with Gasteiger partial charge in [-0.05, 0) is 18.6 Å². The average molecular weight is 337 g/mol. The first-order valence-corrected chi connectivity index (χ1v) is 9.35. The number of imide groups is 1. The van der Waals surface area contributed by atoms with E-state index >= 15 is 0 Å². The van der Waals surface area contributed by atoms with Crippen molar-refractivity contribution >= 4 is 21.8 Å². The molecule has 3 rings (SSSR count). The summed E-state index contributed by atoms with van der Waals surface area (Å²) >= 11 is 0. The molecule has 0 bridgehead atoms. The molecule has 2 heterocycles. The fourth-order valence-corrected chi connectivity index (χ4v) is 3.86. The molecule has 0 spiro atoms. The smallest absolute Gasteiger partial charge is 0.262 e. The third-order valence-corrected chi connectivity index (χ3v) is 5.54. The van der Waals surface area contributed by atoms with E-state index in [4.69, 9.17) is 0 Å². The first kappa shape index (κ1) is 16.1. The van der Waals surface area contributed by atoms with Crippen molar-refractivity contribution < 1.29 is 18.0 Å². The van der Waals surface area contributed by atoms with Gasteiger partial charge in [-0.25, -0.2) is 12.7 Å². The van der Waals surface area contributed by atoms with Crippen LogP contribution in [0.4, 0.5) is 0 Å². The highest BCUT2D eigenvalue weighted by Gasteiger charge is 2.36. The SMILES string of the molecule is CS(=O)(=O)N1CCCN(CN2C(=O)c3ccccc3C2=O)CC1. The minimum absolute atomic E-state index is 0.198. The summed E-state index contributed by atoms with van der Waals surface area (Å²) in [6.45, 7) is 2.20. The van der Waals surface area contributed by atoms with Gasteiger partial charge in [0.05, 0.1) is 24.1 Å². The van der Waals surface area contributed by atoms with Crippen molar-refractivity contribution in [3.8, 4) is 0 Å². The predicted octanol–water partition coefficient (Wildman–Crippen LogP) is 0.207. The first-order valence-electron chi connectivity index (χ1n) is 7.50. The van der Waals surface area contributed by atoms with Crippen LogP contribution in [0.1, 0.15) is 27.1 Å². The van der Waals surface area contributed by atoms with Gasteiger partial charge in [0.2, 0.25) is 10.0 Å². The lowest BCUT2D eigenvalue weighted by atomic mass is 10.1. The number of amides is 2. The number of benzene rings is 1. The molecule has 0 aliphatic carbocycles. The lowest BCUT2D eigenvalue weighted by molar-refractivity contribution is 0.0546. The fourth-order valence-electron chi connectivity index (χ4n) is 2.99. The van der Waals surface area contributed by atoms with Crippen molar-refractivity contribution in [2.45, 2.75) is 6.42 Å². The predicted molar refractivity (Wildman–Crippen MR) is 84.4 cm³/mol. The van der Waals surface area contributed by atoms with E-state index in [1.807, 2.05) is 4.90 Å². The van der Waals surface area contributed by atoms with Crippen LogP contribution in [0, 0.1) is 0 Å². The van der Waals surface area contributed by atoms with E-state index in [1.165, 1.54) is 15.5 Å². The van der Waals surface area contributed by atoms with E-state index in [-0.39, 0.29) is 18.5 Å². The molecule has 2 aliphatic heterocycles. The van der Waals surface area contributed by atoms with Crippen molar-refractivity contribution in [1.29, 1.82) is 0 Å². The Morgan fingerprint density at radius 1 is 0.957 bits per heavy atom. The van der Waals surface area contributed by atoms with Crippen LogP contribution in [0.2, 0.25) is 0 Å². The van der Waals surface area contributed by atoms with E-state index < -0.39 is 10.0 Å². The van der Waals surface area contributed by atoms with E-state index in [0.717, 1.165) is 0 Å². The van der Waals surface area contributed by atoms with E-state index in [9.17, 15) is 18.0 Å². The van der Waals surface area contributed by atoms with Crippen LogP contribution in [-0.4, -0.2) is 73.4 Å². The molecule has 0 unspecified atom stereocenters. The molecule has 1 saturated heterocycles. The monoisotopic (exact) mass is 337 g/mol. The summed E-state index contributed by atoms with van der Waals surface area (Å²) in [5.41, 5.74) is 0.871. The van der Waals surface area contributed by atoms with Gasteiger partial charge in [-0.15, -0.1) is 0 Å². The number of carbonyl (C=O) groups excluding carboxylic acids is 2. The topological polar surface area (TPSA) is 78.0 Å². The summed E-state index contributed by atoms with van der Waals surface area (Å²) in [5.74, 6) is -0.565. The summed E-state index contributed by atoms with van der Waals surface area (Å²) in [7, 11) is -3.21. The van der Waals surface area contributed by atoms with E-state index in [2.05, 4.69) is 0 Å². The normalized spacial score (nSPS) is 20.7. The molecule has 0 radical (unpaired) electrons. The number of hydrogen-bond donors (Lipinski definition) is 0. The van der Waals surface area contributed by atoms with Crippen molar-refractivity contribution in [2.75, 3.05) is 39.1 Å².